The molecule has 0 aliphatic rings. The van der Waals surface area contributed by atoms with Gasteiger partial charge in [-0.1, -0.05) is 30.3 Å². The summed E-state index contributed by atoms with van der Waals surface area (Å²) in [5.74, 6) is -1.60. The third kappa shape index (κ3) is 3.28. The molecule has 4 rings (SSSR count). The molecular weight excluding hydrogens is 342 g/mol. The van der Waals surface area contributed by atoms with E-state index in [2.05, 4.69) is 10.3 Å². The van der Waals surface area contributed by atoms with Crippen LogP contribution in [0.15, 0.2) is 79.1 Å². The van der Waals surface area contributed by atoms with Gasteiger partial charge in [0, 0.05) is 23.6 Å². The number of pyridine rings is 1. The van der Waals surface area contributed by atoms with Gasteiger partial charge < -0.3 is 14.8 Å². The number of rotatable bonds is 4. The first kappa shape index (κ1) is 16.5. The van der Waals surface area contributed by atoms with Crippen molar-refractivity contribution in [3.05, 3.63) is 90.3 Å². The molecule has 132 valence electrons. The van der Waals surface area contributed by atoms with Crippen LogP contribution in [-0.4, -0.2) is 26.4 Å². The Morgan fingerprint density at radius 2 is 1.59 bits per heavy atom. The fourth-order valence-electron chi connectivity index (χ4n) is 2.86. The highest BCUT2D eigenvalue weighted by Gasteiger charge is 2.15. The number of carboxylic acids is 1. The van der Waals surface area contributed by atoms with E-state index >= 15 is 0 Å². The van der Waals surface area contributed by atoms with E-state index in [-0.39, 0.29) is 11.1 Å². The number of nitrogens with zero attached hydrogens (tertiary/aromatic N) is 2. The Kier molecular flexibility index (Phi) is 4.14. The van der Waals surface area contributed by atoms with Crippen LogP contribution in [0.3, 0.4) is 0 Å². The summed E-state index contributed by atoms with van der Waals surface area (Å²) in [4.78, 5) is 28.2. The van der Waals surface area contributed by atoms with Gasteiger partial charge in [0.1, 0.15) is 5.65 Å². The number of aromatic carboxylic acids is 1. The van der Waals surface area contributed by atoms with E-state index < -0.39 is 11.9 Å². The Labute approximate surface area is 154 Å². The minimum absolute atomic E-state index is 0.0312. The molecular formula is C21H15N3O3. The maximum atomic E-state index is 12.4. The quantitative estimate of drug-likeness (QED) is 0.579. The van der Waals surface area contributed by atoms with Gasteiger partial charge >= 0.3 is 5.97 Å². The summed E-state index contributed by atoms with van der Waals surface area (Å²) in [7, 11) is 0. The number of anilines is 1. The molecule has 4 aromatic rings. The number of carboxylic acid groups (broad SMARTS) is 1. The first-order valence-electron chi connectivity index (χ1n) is 8.30. The number of fused-ring (bicyclic) bond motifs is 1. The summed E-state index contributed by atoms with van der Waals surface area (Å²) in [6.45, 7) is 0. The fraction of sp³-hybridized carbons (Fsp3) is 0. The van der Waals surface area contributed by atoms with Crippen molar-refractivity contribution in [2.45, 2.75) is 0 Å². The molecule has 6 heteroatoms. The molecule has 0 aliphatic heterocycles. The summed E-state index contributed by atoms with van der Waals surface area (Å²) >= 11 is 0. The Balaban J connectivity index is 1.56. The Hall–Kier alpha value is -3.93. The second-order valence-corrected chi connectivity index (χ2v) is 5.97. The normalized spacial score (nSPS) is 10.7. The van der Waals surface area contributed by atoms with Gasteiger partial charge in [-0.3, -0.25) is 4.79 Å². The van der Waals surface area contributed by atoms with Crippen LogP contribution in [0.5, 0.6) is 0 Å². The van der Waals surface area contributed by atoms with Crippen molar-refractivity contribution in [1.82, 2.24) is 9.38 Å². The second kappa shape index (κ2) is 6.76. The third-order valence-corrected chi connectivity index (χ3v) is 4.20. The minimum Gasteiger partial charge on any atom is -0.478 e. The molecule has 6 nitrogen and oxygen atoms in total. The lowest BCUT2D eigenvalue weighted by Crippen LogP contribution is -2.16. The highest BCUT2D eigenvalue weighted by atomic mass is 16.4. The van der Waals surface area contributed by atoms with Crippen LogP contribution >= 0.6 is 0 Å². The van der Waals surface area contributed by atoms with Gasteiger partial charge in [-0.15, -0.1) is 0 Å². The van der Waals surface area contributed by atoms with E-state index in [9.17, 15) is 14.7 Å². The number of nitrogens with one attached hydrogen (secondary N) is 1. The van der Waals surface area contributed by atoms with Gasteiger partial charge in [0.15, 0.2) is 0 Å². The monoisotopic (exact) mass is 357 g/mol. The second-order valence-electron chi connectivity index (χ2n) is 5.97. The first-order chi connectivity index (χ1) is 13.1. The van der Waals surface area contributed by atoms with Crippen molar-refractivity contribution < 1.29 is 14.7 Å². The molecule has 27 heavy (non-hydrogen) atoms. The standard InChI is InChI=1S/C21H15N3O3/c25-20(16-5-1-2-6-17(16)21(26)27)22-15-10-8-14(9-11-15)18-13-24-12-4-3-7-19(24)23-18/h1-13H,(H,22,25)(H,26,27). The predicted molar refractivity (Wildman–Crippen MR) is 102 cm³/mol. The van der Waals surface area contributed by atoms with Crippen LogP contribution in [0, 0.1) is 0 Å². The van der Waals surface area contributed by atoms with Gasteiger partial charge in [-0.25, -0.2) is 9.78 Å². The molecule has 0 radical (unpaired) electrons. The number of benzene rings is 2. The van der Waals surface area contributed by atoms with Crippen LogP contribution in [-0.2, 0) is 0 Å². The van der Waals surface area contributed by atoms with E-state index in [1.807, 2.05) is 47.1 Å². The molecule has 2 N–H and O–H groups in total. The van der Waals surface area contributed by atoms with Gasteiger partial charge in [-0.2, -0.15) is 0 Å². The van der Waals surface area contributed by atoms with Gasteiger partial charge in [-0.05, 0) is 36.4 Å². The molecule has 0 bridgehead atoms. The number of hydrogen-bond acceptors (Lipinski definition) is 3. The number of aromatic nitrogens is 2. The van der Waals surface area contributed by atoms with Gasteiger partial charge in [0.2, 0.25) is 0 Å². The molecule has 2 aromatic carbocycles. The number of carbonyl (C=O) groups is 2. The topological polar surface area (TPSA) is 83.7 Å². The summed E-state index contributed by atoms with van der Waals surface area (Å²) in [5, 5.41) is 11.9. The van der Waals surface area contributed by atoms with Crippen molar-refractivity contribution in [1.29, 1.82) is 0 Å². The van der Waals surface area contributed by atoms with E-state index in [1.54, 1.807) is 24.3 Å². The lowest BCUT2D eigenvalue weighted by Gasteiger charge is -2.08. The van der Waals surface area contributed by atoms with E-state index in [4.69, 9.17) is 0 Å². The summed E-state index contributed by atoms with van der Waals surface area (Å²) in [5.41, 5.74) is 3.27. The molecule has 0 saturated heterocycles. The summed E-state index contributed by atoms with van der Waals surface area (Å²) in [6, 6.07) is 19.2. The van der Waals surface area contributed by atoms with Crippen LogP contribution in [0.25, 0.3) is 16.9 Å². The molecule has 0 saturated carbocycles. The lowest BCUT2D eigenvalue weighted by molar-refractivity contribution is 0.0692. The molecule has 1 amide bonds. The zero-order valence-electron chi connectivity index (χ0n) is 14.2. The average molecular weight is 357 g/mol. The predicted octanol–water partition coefficient (Wildman–Crippen LogP) is 3.95. The Bertz CT molecular complexity index is 1110. The summed E-state index contributed by atoms with van der Waals surface area (Å²) < 4.78 is 1.94. The largest absolute Gasteiger partial charge is 0.478 e. The lowest BCUT2D eigenvalue weighted by atomic mass is 10.1. The van der Waals surface area contributed by atoms with E-state index in [0.29, 0.717) is 5.69 Å². The molecule has 2 heterocycles. The maximum Gasteiger partial charge on any atom is 0.336 e. The smallest absolute Gasteiger partial charge is 0.336 e. The molecule has 0 unspecified atom stereocenters. The number of carbonyl (C=O) groups excluding carboxylic acids is 1. The zero-order valence-corrected chi connectivity index (χ0v) is 14.2. The van der Waals surface area contributed by atoms with Gasteiger partial charge in [0.25, 0.3) is 5.91 Å². The Morgan fingerprint density at radius 1 is 0.889 bits per heavy atom. The van der Waals surface area contributed by atoms with Crippen molar-refractivity contribution in [3.8, 4) is 11.3 Å². The molecule has 0 fully saturated rings. The van der Waals surface area contributed by atoms with Crippen LogP contribution in [0.1, 0.15) is 20.7 Å². The van der Waals surface area contributed by atoms with Crippen molar-refractivity contribution >= 4 is 23.2 Å². The highest BCUT2D eigenvalue weighted by molar-refractivity contribution is 6.10. The third-order valence-electron chi connectivity index (χ3n) is 4.20. The fourth-order valence-corrected chi connectivity index (χ4v) is 2.86. The van der Waals surface area contributed by atoms with E-state index in [1.165, 1.54) is 12.1 Å². The van der Waals surface area contributed by atoms with Crippen LogP contribution < -0.4 is 5.32 Å². The zero-order chi connectivity index (χ0) is 18.8. The number of imidazole rings is 1. The number of amides is 1. The molecule has 0 aliphatic carbocycles. The molecule has 0 spiro atoms. The minimum atomic E-state index is -1.14. The van der Waals surface area contributed by atoms with Crippen molar-refractivity contribution in [2.24, 2.45) is 0 Å². The molecule has 0 atom stereocenters. The SMILES string of the molecule is O=C(O)c1ccccc1C(=O)Nc1ccc(-c2cn3ccccc3n2)cc1. The van der Waals surface area contributed by atoms with Crippen LogP contribution in [0.2, 0.25) is 0 Å². The van der Waals surface area contributed by atoms with E-state index in [0.717, 1.165) is 16.9 Å². The Morgan fingerprint density at radius 3 is 2.30 bits per heavy atom. The van der Waals surface area contributed by atoms with Crippen molar-refractivity contribution in [3.63, 3.8) is 0 Å². The maximum absolute atomic E-state index is 12.4. The molecule has 2 aromatic heterocycles. The highest BCUT2D eigenvalue weighted by Crippen LogP contribution is 2.22. The van der Waals surface area contributed by atoms with Crippen molar-refractivity contribution in [2.75, 3.05) is 5.32 Å². The van der Waals surface area contributed by atoms with Gasteiger partial charge in [0.05, 0.1) is 16.8 Å². The average Bonchev–Trinajstić information content (AvgIpc) is 3.12. The first-order valence-corrected chi connectivity index (χ1v) is 8.30. The summed E-state index contributed by atoms with van der Waals surface area (Å²) in [6.07, 6.45) is 3.87. The van der Waals surface area contributed by atoms with Crippen LogP contribution in [0.4, 0.5) is 5.69 Å². The number of hydrogen-bond donors (Lipinski definition) is 2.